The van der Waals surface area contributed by atoms with Crippen LogP contribution in [0.4, 0.5) is 0 Å². The average molecular weight is 328 g/mol. The SMILES string of the molecule is CCCCCCCCC1(CCCCC2(C)OCCO2)OCCO1. The maximum Gasteiger partial charge on any atom is 0.168 e. The molecule has 0 aliphatic carbocycles. The van der Waals surface area contributed by atoms with Gasteiger partial charge in [-0.3, -0.25) is 0 Å². The summed E-state index contributed by atoms with van der Waals surface area (Å²) in [6.07, 6.45) is 13.1. The van der Waals surface area contributed by atoms with Crippen LogP contribution in [0.3, 0.4) is 0 Å². The highest BCUT2D eigenvalue weighted by Gasteiger charge is 2.36. The third-order valence-electron chi connectivity index (χ3n) is 5.06. The molecule has 0 atom stereocenters. The van der Waals surface area contributed by atoms with Crippen LogP contribution in [-0.4, -0.2) is 38.0 Å². The quantitative estimate of drug-likeness (QED) is 0.482. The van der Waals surface area contributed by atoms with Crippen molar-refractivity contribution in [1.82, 2.24) is 0 Å². The molecule has 0 bridgehead atoms. The largest absolute Gasteiger partial charge is 0.348 e. The molecule has 0 unspecified atom stereocenters. The fourth-order valence-corrected chi connectivity index (χ4v) is 3.63. The van der Waals surface area contributed by atoms with Gasteiger partial charge in [0.05, 0.1) is 26.4 Å². The number of rotatable bonds is 12. The van der Waals surface area contributed by atoms with Crippen molar-refractivity contribution in [2.45, 2.75) is 96.1 Å². The first kappa shape index (κ1) is 19.2. The van der Waals surface area contributed by atoms with E-state index >= 15 is 0 Å². The third kappa shape index (κ3) is 6.69. The van der Waals surface area contributed by atoms with Crippen LogP contribution in [0.5, 0.6) is 0 Å². The molecule has 0 radical (unpaired) electrons. The van der Waals surface area contributed by atoms with Crippen molar-refractivity contribution >= 4 is 0 Å². The summed E-state index contributed by atoms with van der Waals surface area (Å²) in [6, 6.07) is 0. The molecule has 0 aromatic rings. The van der Waals surface area contributed by atoms with Crippen LogP contribution >= 0.6 is 0 Å². The Morgan fingerprint density at radius 3 is 1.74 bits per heavy atom. The summed E-state index contributed by atoms with van der Waals surface area (Å²) in [5.74, 6) is -0.660. The molecule has 2 aliphatic rings. The molecule has 0 saturated carbocycles. The molecule has 0 spiro atoms. The van der Waals surface area contributed by atoms with Gasteiger partial charge in [0.2, 0.25) is 0 Å². The van der Waals surface area contributed by atoms with Gasteiger partial charge < -0.3 is 18.9 Å². The number of hydrogen-bond donors (Lipinski definition) is 0. The van der Waals surface area contributed by atoms with E-state index in [1.807, 2.05) is 0 Å². The van der Waals surface area contributed by atoms with Crippen molar-refractivity contribution < 1.29 is 18.9 Å². The minimum absolute atomic E-state index is 0.303. The van der Waals surface area contributed by atoms with Gasteiger partial charge in [-0.25, -0.2) is 0 Å². The van der Waals surface area contributed by atoms with Crippen molar-refractivity contribution in [1.29, 1.82) is 0 Å². The van der Waals surface area contributed by atoms with Crippen molar-refractivity contribution in [2.24, 2.45) is 0 Å². The standard InChI is InChI=1S/C19H36O4/c1-3-4-5-6-7-8-12-19(22-16-17-23-19)13-10-9-11-18(2)20-14-15-21-18/h3-17H2,1-2H3. The molecule has 0 aromatic carbocycles. The van der Waals surface area contributed by atoms with Crippen LogP contribution in [0.15, 0.2) is 0 Å². The predicted molar refractivity (Wildman–Crippen MR) is 91.4 cm³/mol. The molecule has 23 heavy (non-hydrogen) atoms. The van der Waals surface area contributed by atoms with Crippen LogP contribution in [0.1, 0.15) is 84.5 Å². The Kier molecular flexibility index (Phi) is 8.31. The maximum atomic E-state index is 5.98. The Labute approximate surface area is 142 Å². The van der Waals surface area contributed by atoms with Gasteiger partial charge in [0.1, 0.15) is 0 Å². The number of hydrogen-bond acceptors (Lipinski definition) is 4. The van der Waals surface area contributed by atoms with Gasteiger partial charge in [-0.05, 0) is 26.2 Å². The van der Waals surface area contributed by atoms with Crippen LogP contribution < -0.4 is 0 Å². The van der Waals surface area contributed by atoms with Gasteiger partial charge in [0.25, 0.3) is 0 Å². The van der Waals surface area contributed by atoms with Crippen LogP contribution in [0.2, 0.25) is 0 Å². The molecule has 4 heteroatoms. The van der Waals surface area contributed by atoms with Crippen molar-refractivity contribution in [2.75, 3.05) is 26.4 Å². The summed E-state index contributed by atoms with van der Waals surface area (Å²) in [7, 11) is 0. The smallest absolute Gasteiger partial charge is 0.168 e. The first-order chi connectivity index (χ1) is 11.2. The Morgan fingerprint density at radius 2 is 1.09 bits per heavy atom. The summed E-state index contributed by atoms with van der Waals surface area (Å²) in [6.45, 7) is 7.26. The summed E-state index contributed by atoms with van der Waals surface area (Å²) >= 11 is 0. The Morgan fingerprint density at radius 1 is 0.609 bits per heavy atom. The van der Waals surface area contributed by atoms with E-state index in [0.717, 1.165) is 58.5 Å². The summed E-state index contributed by atoms with van der Waals surface area (Å²) in [5, 5.41) is 0. The van der Waals surface area contributed by atoms with E-state index in [2.05, 4.69) is 13.8 Å². The van der Waals surface area contributed by atoms with E-state index in [1.165, 1.54) is 38.5 Å². The first-order valence-corrected chi connectivity index (χ1v) is 9.74. The van der Waals surface area contributed by atoms with Gasteiger partial charge in [0, 0.05) is 19.3 Å². The second-order valence-corrected chi connectivity index (χ2v) is 7.16. The van der Waals surface area contributed by atoms with Gasteiger partial charge in [-0.15, -0.1) is 0 Å². The predicted octanol–water partition coefficient (Wildman–Crippen LogP) is 4.80. The first-order valence-electron chi connectivity index (χ1n) is 9.74. The van der Waals surface area contributed by atoms with Crippen molar-refractivity contribution in [3.05, 3.63) is 0 Å². The van der Waals surface area contributed by atoms with Crippen molar-refractivity contribution in [3.63, 3.8) is 0 Å². The lowest BCUT2D eigenvalue weighted by Gasteiger charge is -2.28. The van der Waals surface area contributed by atoms with Gasteiger partial charge in [-0.2, -0.15) is 0 Å². The monoisotopic (exact) mass is 328 g/mol. The van der Waals surface area contributed by atoms with Crippen LogP contribution in [-0.2, 0) is 18.9 Å². The highest BCUT2D eigenvalue weighted by molar-refractivity contribution is 4.76. The van der Waals surface area contributed by atoms with Crippen LogP contribution in [0, 0.1) is 0 Å². The number of unbranched alkanes of at least 4 members (excludes halogenated alkanes) is 6. The molecule has 2 aliphatic heterocycles. The number of ether oxygens (including phenoxy) is 4. The van der Waals surface area contributed by atoms with Gasteiger partial charge in [-0.1, -0.05) is 39.0 Å². The van der Waals surface area contributed by atoms with E-state index in [0.29, 0.717) is 0 Å². The Bertz CT molecular complexity index is 306. The van der Waals surface area contributed by atoms with E-state index in [9.17, 15) is 0 Å². The van der Waals surface area contributed by atoms with Gasteiger partial charge in [0.15, 0.2) is 11.6 Å². The van der Waals surface area contributed by atoms with Crippen LogP contribution in [0.25, 0.3) is 0 Å². The molecule has 4 nitrogen and oxygen atoms in total. The molecule has 136 valence electrons. The minimum Gasteiger partial charge on any atom is -0.348 e. The Balaban J connectivity index is 1.60. The fourth-order valence-electron chi connectivity index (χ4n) is 3.63. The molecule has 2 rings (SSSR count). The zero-order valence-corrected chi connectivity index (χ0v) is 15.2. The summed E-state index contributed by atoms with van der Waals surface area (Å²) < 4.78 is 23.3. The molecule has 2 heterocycles. The highest BCUT2D eigenvalue weighted by Crippen LogP contribution is 2.33. The molecular weight excluding hydrogens is 292 g/mol. The molecule has 0 amide bonds. The topological polar surface area (TPSA) is 36.9 Å². The highest BCUT2D eigenvalue weighted by atomic mass is 16.7. The summed E-state index contributed by atoms with van der Waals surface area (Å²) in [4.78, 5) is 0. The lowest BCUT2D eigenvalue weighted by atomic mass is 9.98. The average Bonchev–Trinajstić information content (AvgIpc) is 3.18. The van der Waals surface area contributed by atoms with E-state index < -0.39 is 0 Å². The third-order valence-corrected chi connectivity index (χ3v) is 5.06. The molecule has 0 N–H and O–H groups in total. The minimum atomic E-state index is -0.357. The maximum absolute atomic E-state index is 5.98. The summed E-state index contributed by atoms with van der Waals surface area (Å²) in [5.41, 5.74) is 0. The lowest BCUT2D eigenvalue weighted by molar-refractivity contribution is -0.172. The fraction of sp³-hybridized carbons (Fsp3) is 1.00. The molecule has 0 aromatic heterocycles. The van der Waals surface area contributed by atoms with E-state index in [-0.39, 0.29) is 11.6 Å². The molecular formula is C19H36O4. The van der Waals surface area contributed by atoms with Gasteiger partial charge >= 0.3 is 0 Å². The normalized spacial score (nSPS) is 22.7. The molecule has 2 saturated heterocycles. The van der Waals surface area contributed by atoms with E-state index in [4.69, 9.17) is 18.9 Å². The van der Waals surface area contributed by atoms with E-state index in [1.54, 1.807) is 0 Å². The zero-order valence-electron chi connectivity index (χ0n) is 15.2. The molecule has 2 fully saturated rings. The second kappa shape index (κ2) is 9.97. The lowest BCUT2D eigenvalue weighted by Crippen LogP contribution is -2.30. The second-order valence-electron chi connectivity index (χ2n) is 7.16. The zero-order chi connectivity index (χ0) is 16.4. The van der Waals surface area contributed by atoms with Crippen molar-refractivity contribution in [3.8, 4) is 0 Å². The Hall–Kier alpha value is -0.160.